The van der Waals surface area contributed by atoms with Gasteiger partial charge < -0.3 is 13.6 Å². The summed E-state index contributed by atoms with van der Waals surface area (Å²) >= 11 is 0. The van der Waals surface area contributed by atoms with E-state index in [2.05, 4.69) is 130 Å². The maximum atomic E-state index is 7.15. The molecule has 0 unspecified atom stereocenters. The number of fused-ring (bicyclic) bond motifs is 9. The molecule has 4 aromatic heterocycles. The zero-order valence-electron chi connectivity index (χ0n) is 30.5. The van der Waals surface area contributed by atoms with E-state index in [0.717, 1.165) is 82.8 Å². The fourth-order valence-corrected chi connectivity index (χ4v) is 8.71. The van der Waals surface area contributed by atoms with E-state index in [1.807, 2.05) is 66.7 Å². The fraction of sp³-hybridized carbons (Fsp3) is 0. The molecule has 0 amide bonds. The van der Waals surface area contributed by atoms with Crippen LogP contribution in [0.1, 0.15) is 0 Å². The standard InChI is InChI=1S/C51H31N5O/c1-3-17-32(18-4-1)49-52-50(33-19-5-2-6-20-33)54-51(53-49)39-31-44(55-40-26-12-7-21-34(40)35-22-8-13-27-41(35)55)46-38-25-11-16-30-45(38)57-48(46)47(39)56-42-28-14-9-23-36(42)37-24-10-15-29-43(37)56/h1-31H. The molecular formula is C51H31N5O. The van der Waals surface area contributed by atoms with Gasteiger partial charge in [-0.2, -0.15) is 0 Å². The normalized spacial score (nSPS) is 11.9. The first-order valence-electron chi connectivity index (χ1n) is 19.1. The first-order valence-corrected chi connectivity index (χ1v) is 19.1. The second kappa shape index (κ2) is 12.3. The van der Waals surface area contributed by atoms with Gasteiger partial charge in [-0.1, -0.05) is 152 Å². The van der Waals surface area contributed by atoms with Gasteiger partial charge in [-0.15, -0.1) is 0 Å². The van der Waals surface area contributed by atoms with E-state index in [0.29, 0.717) is 17.5 Å². The summed E-state index contributed by atoms with van der Waals surface area (Å²) in [6.45, 7) is 0. The highest BCUT2D eigenvalue weighted by Crippen LogP contribution is 2.47. The summed E-state index contributed by atoms with van der Waals surface area (Å²) in [5.74, 6) is 1.73. The van der Waals surface area contributed by atoms with E-state index in [4.69, 9.17) is 19.4 Å². The largest absolute Gasteiger partial charge is 0.454 e. The Morgan fingerprint density at radius 3 is 1.28 bits per heavy atom. The third kappa shape index (κ3) is 4.74. The molecule has 0 spiro atoms. The maximum absolute atomic E-state index is 7.15. The molecule has 0 aliphatic heterocycles. The number of hydrogen-bond acceptors (Lipinski definition) is 4. The molecule has 0 saturated carbocycles. The van der Waals surface area contributed by atoms with Crippen molar-refractivity contribution >= 4 is 65.6 Å². The number of hydrogen-bond donors (Lipinski definition) is 0. The van der Waals surface area contributed by atoms with Crippen molar-refractivity contribution in [1.29, 1.82) is 0 Å². The molecule has 12 aromatic rings. The monoisotopic (exact) mass is 729 g/mol. The number of nitrogens with zero attached hydrogens (tertiary/aromatic N) is 5. The molecule has 0 bridgehead atoms. The summed E-state index contributed by atoms with van der Waals surface area (Å²) in [6.07, 6.45) is 0. The first kappa shape index (κ1) is 31.5. The number of rotatable bonds is 5. The second-order valence-corrected chi connectivity index (χ2v) is 14.4. The lowest BCUT2D eigenvalue weighted by atomic mass is 10.0. The molecule has 57 heavy (non-hydrogen) atoms. The van der Waals surface area contributed by atoms with Crippen LogP contribution in [0.5, 0.6) is 0 Å². The van der Waals surface area contributed by atoms with Gasteiger partial charge in [-0.25, -0.2) is 15.0 Å². The van der Waals surface area contributed by atoms with E-state index in [1.165, 1.54) is 10.8 Å². The van der Waals surface area contributed by atoms with Gasteiger partial charge in [-0.3, -0.25) is 0 Å². The van der Waals surface area contributed by atoms with Crippen LogP contribution < -0.4 is 0 Å². The lowest BCUT2D eigenvalue weighted by molar-refractivity contribution is 0.666. The quantitative estimate of drug-likeness (QED) is 0.177. The zero-order valence-corrected chi connectivity index (χ0v) is 30.5. The molecule has 0 saturated heterocycles. The van der Waals surface area contributed by atoms with Crippen LogP contribution in [0.2, 0.25) is 0 Å². The van der Waals surface area contributed by atoms with Crippen molar-refractivity contribution in [2.24, 2.45) is 0 Å². The highest BCUT2D eigenvalue weighted by Gasteiger charge is 2.28. The van der Waals surface area contributed by atoms with E-state index < -0.39 is 0 Å². The van der Waals surface area contributed by atoms with Gasteiger partial charge in [0.15, 0.2) is 23.1 Å². The Kier molecular flexibility index (Phi) is 6.83. The van der Waals surface area contributed by atoms with Crippen LogP contribution in [0.25, 0.3) is 111 Å². The zero-order chi connectivity index (χ0) is 37.5. The predicted molar refractivity (Wildman–Crippen MR) is 232 cm³/mol. The number of aromatic nitrogens is 5. The lowest BCUT2D eigenvalue weighted by Crippen LogP contribution is -2.06. The van der Waals surface area contributed by atoms with Crippen LogP contribution in [0.4, 0.5) is 0 Å². The van der Waals surface area contributed by atoms with E-state index in [1.54, 1.807) is 0 Å². The Balaban J connectivity index is 1.31. The van der Waals surface area contributed by atoms with E-state index in [-0.39, 0.29) is 0 Å². The van der Waals surface area contributed by atoms with Crippen LogP contribution in [0, 0.1) is 0 Å². The van der Waals surface area contributed by atoms with Crippen LogP contribution in [-0.2, 0) is 0 Å². The molecule has 4 heterocycles. The third-order valence-corrected chi connectivity index (χ3v) is 11.2. The summed E-state index contributed by atoms with van der Waals surface area (Å²) in [7, 11) is 0. The number of benzene rings is 8. The van der Waals surface area contributed by atoms with Gasteiger partial charge in [0, 0.05) is 43.6 Å². The van der Waals surface area contributed by atoms with Crippen LogP contribution in [0.15, 0.2) is 192 Å². The highest BCUT2D eigenvalue weighted by molar-refractivity contribution is 6.19. The van der Waals surface area contributed by atoms with Gasteiger partial charge in [0.1, 0.15) is 11.3 Å². The lowest BCUT2D eigenvalue weighted by Gasteiger charge is -2.18. The highest BCUT2D eigenvalue weighted by atomic mass is 16.3. The Hall–Kier alpha value is -7.83. The molecule has 266 valence electrons. The van der Waals surface area contributed by atoms with Gasteiger partial charge in [-0.05, 0) is 36.4 Å². The molecule has 6 nitrogen and oxygen atoms in total. The van der Waals surface area contributed by atoms with Crippen LogP contribution in [-0.4, -0.2) is 24.1 Å². The number of para-hydroxylation sites is 5. The van der Waals surface area contributed by atoms with Gasteiger partial charge in [0.05, 0.1) is 33.1 Å². The molecule has 0 radical (unpaired) electrons. The maximum Gasteiger partial charge on any atom is 0.166 e. The minimum Gasteiger partial charge on any atom is -0.454 e. The third-order valence-electron chi connectivity index (χ3n) is 11.2. The van der Waals surface area contributed by atoms with Crippen molar-refractivity contribution in [2.45, 2.75) is 0 Å². The summed E-state index contributed by atoms with van der Waals surface area (Å²) in [5.41, 5.74) is 10.4. The molecule has 0 aliphatic carbocycles. The summed E-state index contributed by atoms with van der Waals surface area (Å²) in [5, 5.41) is 6.71. The van der Waals surface area contributed by atoms with Gasteiger partial charge in [0.2, 0.25) is 0 Å². The first-order chi connectivity index (χ1) is 28.3. The molecule has 0 aliphatic rings. The van der Waals surface area contributed by atoms with Gasteiger partial charge >= 0.3 is 0 Å². The van der Waals surface area contributed by atoms with Crippen molar-refractivity contribution in [3.63, 3.8) is 0 Å². The fourth-order valence-electron chi connectivity index (χ4n) is 8.71. The molecule has 6 heteroatoms. The average molecular weight is 730 g/mol. The molecule has 0 N–H and O–H groups in total. The van der Waals surface area contributed by atoms with Crippen LogP contribution >= 0.6 is 0 Å². The summed E-state index contributed by atoms with van der Waals surface area (Å²) in [4.78, 5) is 15.8. The van der Waals surface area contributed by atoms with Crippen molar-refractivity contribution in [2.75, 3.05) is 0 Å². The molecule has 0 atom stereocenters. The number of furan rings is 1. The molecule has 0 fully saturated rings. The van der Waals surface area contributed by atoms with E-state index in [9.17, 15) is 0 Å². The topological polar surface area (TPSA) is 61.7 Å². The summed E-state index contributed by atoms with van der Waals surface area (Å²) in [6, 6.07) is 65.4. The SMILES string of the molecule is c1ccc(-c2nc(-c3ccccc3)nc(-c3cc(-n4c5ccccc5c5ccccc54)c4c(oc5ccccc54)c3-n3c4ccccc4c4ccccc43)n2)cc1. The molecule has 8 aromatic carbocycles. The Labute approximate surface area is 326 Å². The second-order valence-electron chi connectivity index (χ2n) is 14.4. The molecular weight excluding hydrogens is 699 g/mol. The van der Waals surface area contributed by atoms with E-state index >= 15 is 0 Å². The predicted octanol–water partition coefficient (Wildman–Crippen LogP) is 13.0. The van der Waals surface area contributed by atoms with Gasteiger partial charge in [0.25, 0.3) is 0 Å². The smallest absolute Gasteiger partial charge is 0.166 e. The summed E-state index contributed by atoms with van der Waals surface area (Å²) < 4.78 is 11.9. The Bertz CT molecular complexity index is 3360. The molecule has 12 rings (SSSR count). The minimum absolute atomic E-state index is 0.545. The minimum atomic E-state index is 0.545. The Morgan fingerprint density at radius 2 is 0.772 bits per heavy atom. The van der Waals surface area contributed by atoms with Crippen molar-refractivity contribution in [3.05, 3.63) is 188 Å². The van der Waals surface area contributed by atoms with Crippen molar-refractivity contribution in [1.82, 2.24) is 24.1 Å². The Morgan fingerprint density at radius 1 is 0.368 bits per heavy atom. The van der Waals surface area contributed by atoms with Crippen LogP contribution in [0.3, 0.4) is 0 Å². The van der Waals surface area contributed by atoms with Crippen molar-refractivity contribution in [3.8, 4) is 45.5 Å². The average Bonchev–Trinajstić information content (AvgIpc) is 3.95. The van der Waals surface area contributed by atoms with Crippen molar-refractivity contribution < 1.29 is 4.42 Å².